The van der Waals surface area contributed by atoms with Crippen LogP contribution in [0.5, 0.6) is 0 Å². The van der Waals surface area contributed by atoms with Crippen molar-refractivity contribution in [2.45, 2.75) is 77.1 Å². The lowest BCUT2D eigenvalue weighted by atomic mass is 10.1. The molecular weight excluding hydrogens is 376 g/mol. The maximum absolute atomic E-state index is 12.9. The average molecular weight is 411 g/mol. The first-order chi connectivity index (χ1) is 14.3. The number of likely N-dealkylation sites (tertiary alicyclic amines) is 1. The van der Waals surface area contributed by atoms with E-state index in [2.05, 4.69) is 55.3 Å². The Bertz CT molecular complexity index is 870. The van der Waals surface area contributed by atoms with Crippen LogP contribution in [0.3, 0.4) is 0 Å². The first kappa shape index (κ1) is 21.1. The Hall–Kier alpha value is -2.18. The van der Waals surface area contributed by atoms with Crippen molar-refractivity contribution in [3.05, 3.63) is 52.8 Å². The molecule has 30 heavy (non-hydrogen) atoms. The van der Waals surface area contributed by atoms with E-state index in [-0.39, 0.29) is 17.6 Å². The highest BCUT2D eigenvalue weighted by Gasteiger charge is 2.31. The summed E-state index contributed by atoms with van der Waals surface area (Å²) in [6, 6.07) is 10.4. The summed E-state index contributed by atoms with van der Waals surface area (Å²) in [5.74, 6) is 0.455. The Labute approximate surface area is 179 Å². The number of nitrogens with zero attached hydrogens (tertiary/aromatic N) is 3. The van der Waals surface area contributed by atoms with E-state index in [1.54, 1.807) is 0 Å². The van der Waals surface area contributed by atoms with Gasteiger partial charge in [-0.05, 0) is 63.6 Å². The summed E-state index contributed by atoms with van der Waals surface area (Å²) in [6.45, 7) is 9.55. The quantitative estimate of drug-likeness (QED) is 0.766. The third-order valence-corrected chi connectivity index (χ3v) is 6.03. The van der Waals surface area contributed by atoms with Gasteiger partial charge in [0, 0.05) is 32.1 Å². The average Bonchev–Trinajstić information content (AvgIpc) is 3.46. The molecule has 2 fully saturated rings. The first-order valence-electron chi connectivity index (χ1n) is 11.2. The molecule has 1 amide bonds. The third-order valence-electron chi connectivity index (χ3n) is 6.03. The number of hydrogen-bond donors (Lipinski definition) is 2. The second-order valence-electron chi connectivity index (χ2n) is 9.82. The molecule has 1 aromatic carbocycles. The van der Waals surface area contributed by atoms with Gasteiger partial charge in [0.2, 0.25) is 0 Å². The van der Waals surface area contributed by atoms with Crippen molar-refractivity contribution in [1.82, 2.24) is 20.0 Å². The summed E-state index contributed by atoms with van der Waals surface area (Å²) in [4.78, 5) is 15.3. The Balaban J connectivity index is 1.35. The Morgan fingerprint density at radius 3 is 2.33 bits per heavy atom. The summed E-state index contributed by atoms with van der Waals surface area (Å²) in [6.07, 6.45) is 3.93. The topological polar surface area (TPSA) is 70.4 Å². The maximum atomic E-state index is 12.9. The monoisotopic (exact) mass is 410 g/mol. The summed E-state index contributed by atoms with van der Waals surface area (Å²) in [5.41, 5.74) is 3.82. The fraction of sp³-hybridized carbons (Fsp3) is 0.583. The highest BCUT2D eigenvalue weighted by atomic mass is 16.3. The number of benzene rings is 1. The van der Waals surface area contributed by atoms with E-state index in [4.69, 9.17) is 5.10 Å². The number of carbonyl (C=O) groups is 1. The standard InChI is InChI=1S/C24H34N4O2/c1-24(2,3)28-22(14-21(26-28)19-8-9-19)23(30)25-15-17-4-6-18(7-5-17)16-27-12-10-20(29)11-13-27/h4-7,14,19-20,29H,8-13,15-16H2,1-3H3,(H,25,30). The molecule has 1 saturated carbocycles. The van der Waals surface area contributed by atoms with Crippen molar-refractivity contribution in [2.75, 3.05) is 13.1 Å². The van der Waals surface area contributed by atoms with Crippen LogP contribution in [0.25, 0.3) is 0 Å². The van der Waals surface area contributed by atoms with E-state index >= 15 is 0 Å². The predicted molar refractivity (Wildman–Crippen MR) is 117 cm³/mol. The van der Waals surface area contributed by atoms with Gasteiger partial charge >= 0.3 is 0 Å². The van der Waals surface area contributed by atoms with Crippen molar-refractivity contribution in [3.8, 4) is 0 Å². The number of aliphatic hydroxyl groups excluding tert-OH is 1. The van der Waals surface area contributed by atoms with Crippen molar-refractivity contribution >= 4 is 5.91 Å². The molecule has 0 spiro atoms. The molecule has 0 bridgehead atoms. The Kier molecular flexibility index (Phi) is 5.98. The fourth-order valence-electron chi connectivity index (χ4n) is 4.02. The van der Waals surface area contributed by atoms with Crippen LogP contribution in [0.15, 0.2) is 30.3 Å². The molecule has 4 rings (SSSR count). The summed E-state index contributed by atoms with van der Waals surface area (Å²) in [7, 11) is 0. The molecule has 1 aromatic heterocycles. The van der Waals surface area contributed by atoms with Crippen LogP contribution in [-0.2, 0) is 18.6 Å². The van der Waals surface area contributed by atoms with Gasteiger partial charge in [0.1, 0.15) is 5.69 Å². The van der Waals surface area contributed by atoms with Crippen LogP contribution in [0.1, 0.15) is 79.7 Å². The SMILES string of the molecule is CC(C)(C)n1nc(C2CC2)cc1C(=O)NCc1ccc(CN2CCC(O)CC2)cc1. The highest BCUT2D eigenvalue weighted by molar-refractivity contribution is 5.92. The van der Waals surface area contributed by atoms with Crippen LogP contribution < -0.4 is 5.32 Å². The summed E-state index contributed by atoms with van der Waals surface area (Å²) >= 11 is 0. The molecule has 2 N–H and O–H groups in total. The number of nitrogens with one attached hydrogen (secondary N) is 1. The summed E-state index contributed by atoms with van der Waals surface area (Å²) in [5, 5.41) is 17.4. The van der Waals surface area contributed by atoms with Crippen molar-refractivity contribution in [1.29, 1.82) is 0 Å². The number of aliphatic hydroxyl groups is 1. The van der Waals surface area contributed by atoms with Crippen molar-refractivity contribution in [3.63, 3.8) is 0 Å². The van der Waals surface area contributed by atoms with Crippen LogP contribution in [0.2, 0.25) is 0 Å². The second kappa shape index (κ2) is 8.52. The Morgan fingerprint density at radius 1 is 1.10 bits per heavy atom. The van der Waals surface area contributed by atoms with Gasteiger partial charge < -0.3 is 10.4 Å². The zero-order valence-corrected chi connectivity index (χ0v) is 18.4. The first-order valence-corrected chi connectivity index (χ1v) is 11.2. The maximum Gasteiger partial charge on any atom is 0.269 e. The van der Waals surface area contributed by atoms with Gasteiger partial charge in [-0.25, -0.2) is 0 Å². The van der Waals surface area contributed by atoms with Gasteiger partial charge in [-0.3, -0.25) is 14.4 Å². The van der Waals surface area contributed by atoms with E-state index in [1.807, 2.05) is 10.7 Å². The number of carbonyl (C=O) groups excluding carboxylic acids is 1. The zero-order chi connectivity index (χ0) is 21.3. The predicted octanol–water partition coefficient (Wildman–Crippen LogP) is 3.40. The van der Waals surface area contributed by atoms with E-state index in [0.717, 1.165) is 43.7 Å². The van der Waals surface area contributed by atoms with E-state index in [0.29, 0.717) is 18.2 Å². The van der Waals surface area contributed by atoms with Gasteiger partial charge in [-0.15, -0.1) is 0 Å². The van der Waals surface area contributed by atoms with Crippen LogP contribution in [0, 0.1) is 0 Å². The van der Waals surface area contributed by atoms with Crippen LogP contribution >= 0.6 is 0 Å². The van der Waals surface area contributed by atoms with Gasteiger partial charge in [0.25, 0.3) is 5.91 Å². The highest BCUT2D eigenvalue weighted by Crippen LogP contribution is 2.40. The van der Waals surface area contributed by atoms with Crippen LogP contribution in [-0.4, -0.2) is 44.9 Å². The molecule has 6 nitrogen and oxygen atoms in total. The van der Waals surface area contributed by atoms with E-state index in [9.17, 15) is 9.90 Å². The largest absolute Gasteiger partial charge is 0.393 e. The zero-order valence-electron chi connectivity index (χ0n) is 18.4. The van der Waals surface area contributed by atoms with E-state index < -0.39 is 0 Å². The molecule has 1 aliphatic heterocycles. The second-order valence-corrected chi connectivity index (χ2v) is 9.82. The molecule has 2 heterocycles. The third kappa shape index (κ3) is 5.10. The minimum Gasteiger partial charge on any atom is -0.393 e. The molecule has 162 valence electrons. The molecule has 2 aliphatic rings. The number of amides is 1. The fourth-order valence-corrected chi connectivity index (χ4v) is 4.02. The van der Waals surface area contributed by atoms with E-state index in [1.165, 1.54) is 18.4 Å². The molecule has 6 heteroatoms. The number of rotatable bonds is 6. The smallest absolute Gasteiger partial charge is 0.269 e. The number of aromatic nitrogens is 2. The number of hydrogen-bond acceptors (Lipinski definition) is 4. The lowest BCUT2D eigenvalue weighted by molar-refractivity contribution is 0.0792. The van der Waals surface area contributed by atoms with Crippen LogP contribution in [0.4, 0.5) is 0 Å². The summed E-state index contributed by atoms with van der Waals surface area (Å²) < 4.78 is 1.87. The molecule has 0 unspecified atom stereocenters. The molecular formula is C24H34N4O2. The minimum atomic E-state index is -0.230. The van der Waals surface area contributed by atoms with Gasteiger partial charge in [-0.1, -0.05) is 24.3 Å². The Morgan fingerprint density at radius 2 is 1.73 bits per heavy atom. The lowest BCUT2D eigenvalue weighted by Crippen LogP contribution is -2.35. The number of piperidine rings is 1. The normalized spacial score (nSPS) is 18.5. The molecule has 1 aliphatic carbocycles. The van der Waals surface area contributed by atoms with Crippen molar-refractivity contribution < 1.29 is 9.90 Å². The van der Waals surface area contributed by atoms with Crippen molar-refractivity contribution in [2.24, 2.45) is 0 Å². The molecule has 0 radical (unpaired) electrons. The van der Waals surface area contributed by atoms with Gasteiger partial charge in [-0.2, -0.15) is 5.10 Å². The molecule has 0 atom stereocenters. The minimum absolute atomic E-state index is 0.0692. The van der Waals surface area contributed by atoms with Gasteiger partial charge in [0.05, 0.1) is 17.3 Å². The van der Waals surface area contributed by atoms with Gasteiger partial charge in [0.15, 0.2) is 0 Å². The lowest BCUT2D eigenvalue weighted by Gasteiger charge is -2.29. The molecule has 2 aromatic rings. The molecule has 1 saturated heterocycles.